The van der Waals surface area contributed by atoms with Gasteiger partial charge < -0.3 is 18.7 Å². The van der Waals surface area contributed by atoms with Gasteiger partial charge in [-0.2, -0.15) is 0 Å². The van der Waals surface area contributed by atoms with E-state index >= 15 is 0 Å². The van der Waals surface area contributed by atoms with Crippen molar-refractivity contribution in [3.8, 4) is 0 Å². The fourth-order valence-electron chi connectivity index (χ4n) is 1.70. The molecule has 0 aromatic carbocycles. The molecule has 6 heteroatoms. The first-order valence-corrected chi connectivity index (χ1v) is 6.15. The Morgan fingerprint density at radius 1 is 1.56 bits per heavy atom. The molecule has 1 fully saturated rings. The van der Waals surface area contributed by atoms with E-state index in [2.05, 4.69) is 5.16 Å². The number of hydrogen-bond donors (Lipinski definition) is 0. The molecule has 0 bridgehead atoms. The molecule has 0 radical (unpaired) electrons. The summed E-state index contributed by atoms with van der Waals surface area (Å²) >= 11 is 0. The van der Waals surface area contributed by atoms with E-state index in [4.69, 9.17) is 18.7 Å². The zero-order valence-corrected chi connectivity index (χ0v) is 10.4. The van der Waals surface area contributed by atoms with Crippen LogP contribution in [0.25, 0.3) is 0 Å². The second-order valence-corrected chi connectivity index (χ2v) is 4.01. The summed E-state index contributed by atoms with van der Waals surface area (Å²) in [5, 5.41) is 3.75. The lowest BCUT2D eigenvalue weighted by Gasteiger charge is -2.21. The predicted molar refractivity (Wildman–Crippen MR) is 60.8 cm³/mol. The van der Waals surface area contributed by atoms with Crippen LogP contribution in [0.1, 0.15) is 42.4 Å². The van der Waals surface area contributed by atoms with Crippen molar-refractivity contribution in [1.29, 1.82) is 0 Å². The molecule has 1 atom stereocenters. The van der Waals surface area contributed by atoms with E-state index in [9.17, 15) is 4.79 Å². The van der Waals surface area contributed by atoms with Gasteiger partial charge in [0.05, 0.1) is 13.2 Å². The van der Waals surface area contributed by atoms with Crippen LogP contribution in [-0.4, -0.2) is 30.6 Å². The molecular weight excluding hydrogens is 238 g/mol. The number of carbonyl (C=O) groups is 1. The maximum Gasteiger partial charge on any atom is 0.377 e. The van der Waals surface area contributed by atoms with Crippen LogP contribution in [0.5, 0.6) is 0 Å². The number of aromatic nitrogens is 1. The van der Waals surface area contributed by atoms with Crippen molar-refractivity contribution in [2.75, 3.05) is 13.2 Å². The van der Waals surface area contributed by atoms with Gasteiger partial charge in [0.25, 0.3) is 0 Å². The first-order chi connectivity index (χ1) is 8.79. The molecule has 0 saturated carbocycles. The molecular formula is C12H17NO5. The summed E-state index contributed by atoms with van der Waals surface area (Å²) in [5.41, 5.74) is 0.562. The standard InChI is InChI=1S/C12H17NO5/c1-2-15-12(14)10-7-9(13-18-10)8-17-11-5-3-4-6-16-11/h7,11H,2-6,8H2,1H3. The molecule has 1 aliphatic rings. The van der Waals surface area contributed by atoms with Crippen molar-refractivity contribution in [3.05, 3.63) is 17.5 Å². The van der Waals surface area contributed by atoms with E-state index < -0.39 is 5.97 Å². The van der Waals surface area contributed by atoms with Gasteiger partial charge in [-0.05, 0) is 26.2 Å². The third kappa shape index (κ3) is 3.54. The van der Waals surface area contributed by atoms with Crippen molar-refractivity contribution in [2.24, 2.45) is 0 Å². The Bertz CT molecular complexity index is 384. The second kappa shape index (κ2) is 6.51. The molecule has 18 heavy (non-hydrogen) atoms. The maximum absolute atomic E-state index is 11.3. The van der Waals surface area contributed by atoms with E-state index in [1.165, 1.54) is 6.07 Å². The number of esters is 1. The summed E-state index contributed by atoms with van der Waals surface area (Å²) in [7, 11) is 0. The van der Waals surface area contributed by atoms with Crippen LogP contribution in [0.2, 0.25) is 0 Å². The zero-order chi connectivity index (χ0) is 12.8. The van der Waals surface area contributed by atoms with Crippen molar-refractivity contribution >= 4 is 5.97 Å². The molecule has 2 heterocycles. The number of nitrogens with zero attached hydrogens (tertiary/aromatic N) is 1. The minimum atomic E-state index is -0.509. The predicted octanol–water partition coefficient (Wildman–Crippen LogP) is 1.89. The Morgan fingerprint density at radius 2 is 2.44 bits per heavy atom. The first-order valence-electron chi connectivity index (χ1n) is 6.15. The quantitative estimate of drug-likeness (QED) is 0.748. The van der Waals surface area contributed by atoms with Crippen molar-refractivity contribution in [1.82, 2.24) is 5.16 Å². The third-order valence-electron chi connectivity index (χ3n) is 2.59. The zero-order valence-electron chi connectivity index (χ0n) is 10.4. The van der Waals surface area contributed by atoms with Crippen LogP contribution < -0.4 is 0 Å². The minimum absolute atomic E-state index is 0.0972. The van der Waals surface area contributed by atoms with E-state index in [1.54, 1.807) is 6.92 Å². The van der Waals surface area contributed by atoms with Gasteiger partial charge in [-0.15, -0.1) is 0 Å². The summed E-state index contributed by atoms with van der Waals surface area (Å²) in [5.74, 6) is -0.412. The van der Waals surface area contributed by atoms with E-state index in [0.29, 0.717) is 12.3 Å². The van der Waals surface area contributed by atoms with Crippen molar-refractivity contribution < 1.29 is 23.5 Å². The lowest BCUT2D eigenvalue weighted by molar-refractivity contribution is -0.169. The van der Waals surface area contributed by atoms with Crippen molar-refractivity contribution in [2.45, 2.75) is 39.1 Å². The Kier molecular flexibility index (Phi) is 4.72. The molecule has 0 amide bonds. The molecule has 0 aliphatic carbocycles. The van der Waals surface area contributed by atoms with E-state index in [0.717, 1.165) is 25.9 Å². The highest BCUT2D eigenvalue weighted by Gasteiger charge is 2.17. The Labute approximate surface area is 105 Å². The molecule has 0 N–H and O–H groups in total. The van der Waals surface area contributed by atoms with E-state index in [1.807, 2.05) is 0 Å². The smallest absolute Gasteiger partial charge is 0.377 e. The second-order valence-electron chi connectivity index (χ2n) is 4.01. The molecule has 1 unspecified atom stereocenters. The Balaban J connectivity index is 1.80. The molecule has 1 saturated heterocycles. The van der Waals surface area contributed by atoms with Crippen LogP contribution in [0.15, 0.2) is 10.6 Å². The maximum atomic E-state index is 11.3. The average molecular weight is 255 g/mol. The number of carbonyl (C=O) groups excluding carboxylic acids is 1. The summed E-state index contributed by atoms with van der Waals surface area (Å²) < 4.78 is 20.6. The van der Waals surface area contributed by atoms with Crippen LogP contribution in [0.3, 0.4) is 0 Å². The molecule has 2 rings (SSSR count). The summed E-state index contributed by atoms with van der Waals surface area (Å²) in [6, 6.07) is 1.53. The fourth-order valence-corrected chi connectivity index (χ4v) is 1.70. The van der Waals surface area contributed by atoms with Gasteiger partial charge in [-0.1, -0.05) is 5.16 Å². The fraction of sp³-hybridized carbons (Fsp3) is 0.667. The van der Waals surface area contributed by atoms with Crippen LogP contribution >= 0.6 is 0 Å². The minimum Gasteiger partial charge on any atom is -0.460 e. The Hall–Kier alpha value is -1.40. The lowest BCUT2D eigenvalue weighted by Crippen LogP contribution is -2.22. The SMILES string of the molecule is CCOC(=O)c1cc(COC2CCCCO2)no1. The first kappa shape index (κ1) is 13.0. The number of ether oxygens (including phenoxy) is 3. The number of rotatable bonds is 5. The Morgan fingerprint density at radius 3 is 3.17 bits per heavy atom. The topological polar surface area (TPSA) is 70.8 Å². The monoisotopic (exact) mass is 255 g/mol. The summed E-state index contributed by atoms with van der Waals surface area (Å²) in [6.45, 7) is 3.05. The normalized spacial score (nSPS) is 19.7. The molecule has 1 aliphatic heterocycles. The van der Waals surface area contributed by atoms with Gasteiger partial charge >= 0.3 is 5.97 Å². The van der Waals surface area contributed by atoms with Crippen molar-refractivity contribution in [3.63, 3.8) is 0 Å². The molecule has 1 aromatic heterocycles. The van der Waals surface area contributed by atoms with Crippen LogP contribution in [-0.2, 0) is 20.8 Å². The van der Waals surface area contributed by atoms with E-state index in [-0.39, 0.29) is 18.7 Å². The van der Waals surface area contributed by atoms with Gasteiger partial charge in [0, 0.05) is 12.7 Å². The highest BCUT2D eigenvalue weighted by atomic mass is 16.7. The summed E-state index contributed by atoms with van der Waals surface area (Å²) in [6.07, 6.45) is 2.90. The number of hydrogen-bond acceptors (Lipinski definition) is 6. The average Bonchev–Trinajstić information content (AvgIpc) is 2.87. The van der Waals surface area contributed by atoms with Gasteiger partial charge in [-0.25, -0.2) is 4.79 Å². The highest BCUT2D eigenvalue weighted by molar-refractivity contribution is 5.86. The van der Waals surface area contributed by atoms with Crippen LogP contribution in [0, 0.1) is 0 Å². The highest BCUT2D eigenvalue weighted by Crippen LogP contribution is 2.15. The van der Waals surface area contributed by atoms with Gasteiger partial charge in [0.15, 0.2) is 6.29 Å². The largest absolute Gasteiger partial charge is 0.460 e. The lowest BCUT2D eigenvalue weighted by atomic mass is 10.2. The molecule has 100 valence electrons. The van der Waals surface area contributed by atoms with Gasteiger partial charge in [-0.3, -0.25) is 0 Å². The van der Waals surface area contributed by atoms with Crippen LogP contribution in [0.4, 0.5) is 0 Å². The molecule has 6 nitrogen and oxygen atoms in total. The summed E-state index contributed by atoms with van der Waals surface area (Å²) in [4.78, 5) is 11.3. The molecule has 1 aromatic rings. The third-order valence-corrected chi connectivity index (χ3v) is 2.59. The van der Waals surface area contributed by atoms with Gasteiger partial charge in [0.1, 0.15) is 5.69 Å². The molecule has 0 spiro atoms. The van der Waals surface area contributed by atoms with Gasteiger partial charge in [0.2, 0.25) is 5.76 Å².